The largest absolute Gasteiger partial charge is 0.484 e. The molecule has 3 N–H and O–H groups in total. The first-order chi connectivity index (χ1) is 9.54. The van der Waals surface area contributed by atoms with Gasteiger partial charge in [0.25, 0.3) is 5.91 Å². The fraction of sp³-hybridized carbons (Fsp3) is 0.0833. The van der Waals surface area contributed by atoms with E-state index in [9.17, 15) is 4.79 Å². The van der Waals surface area contributed by atoms with Crippen molar-refractivity contribution in [2.24, 2.45) is 5.73 Å². The Kier molecular flexibility index (Phi) is 5.05. The highest BCUT2D eigenvalue weighted by atomic mass is 79.9. The van der Waals surface area contributed by atoms with Gasteiger partial charge < -0.3 is 10.5 Å². The van der Waals surface area contributed by atoms with Crippen molar-refractivity contribution in [2.75, 3.05) is 11.9 Å². The monoisotopic (exact) mass is 371 g/mol. The maximum absolute atomic E-state index is 11.6. The van der Waals surface area contributed by atoms with E-state index in [-0.39, 0.29) is 12.5 Å². The van der Waals surface area contributed by atoms with Crippen molar-refractivity contribution < 1.29 is 9.53 Å². The molecule has 2 aromatic rings. The molecule has 2 rings (SSSR count). The van der Waals surface area contributed by atoms with Crippen LogP contribution in [-0.2, 0) is 4.79 Å². The zero-order chi connectivity index (χ0) is 14.5. The SMILES string of the molecule is NC(=S)c1ccc(OCC(=O)Nc2ncc(Br)s2)cc1. The number of nitrogens with zero attached hydrogens (tertiary/aromatic N) is 1. The van der Waals surface area contributed by atoms with E-state index >= 15 is 0 Å². The van der Waals surface area contributed by atoms with E-state index in [2.05, 4.69) is 26.2 Å². The van der Waals surface area contributed by atoms with Crippen LogP contribution in [0.3, 0.4) is 0 Å². The van der Waals surface area contributed by atoms with Crippen molar-refractivity contribution in [3.63, 3.8) is 0 Å². The molecule has 0 unspecified atom stereocenters. The first-order valence-corrected chi connectivity index (χ1v) is 7.50. The number of hydrogen-bond donors (Lipinski definition) is 2. The number of carbonyl (C=O) groups excluding carboxylic acids is 1. The van der Waals surface area contributed by atoms with E-state index in [1.54, 1.807) is 30.5 Å². The number of amides is 1. The molecular formula is C12H10BrN3O2S2. The van der Waals surface area contributed by atoms with Gasteiger partial charge in [-0.25, -0.2) is 4.98 Å². The molecule has 1 aromatic heterocycles. The molecular weight excluding hydrogens is 362 g/mol. The molecule has 1 aromatic carbocycles. The number of nitrogens with two attached hydrogens (primary N) is 1. The standard InChI is InChI=1S/C12H10BrN3O2S2/c13-9-5-15-12(20-9)16-10(17)6-18-8-3-1-7(2-4-8)11(14)19/h1-5H,6H2,(H2,14,19)(H,15,16,17). The zero-order valence-electron chi connectivity index (χ0n) is 10.1. The predicted octanol–water partition coefficient (Wildman–Crippen LogP) is 2.56. The highest BCUT2D eigenvalue weighted by molar-refractivity contribution is 9.11. The summed E-state index contributed by atoms with van der Waals surface area (Å²) >= 11 is 9.45. The van der Waals surface area contributed by atoms with Crippen LogP contribution in [0.25, 0.3) is 0 Å². The fourth-order valence-corrected chi connectivity index (χ4v) is 2.59. The summed E-state index contributed by atoms with van der Waals surface area (Å²) < 4.78 is 6.20. The summed E-state index contributed by atoms with van der Waals surface area (Å²) in [5, 5.41) is 3.16. The molecule has 0 aliphatic heterocycles. The van der Waals surface area contributed by atoms with Crippen LogP contribution in [0.4, 0.5) is 5.13 Å². The summed E-state index contributed by atoms with van der Waals surface area (Å²) in [4.78, 5) is 16.0. The van der Waals surface area contributed by atoms with Gasteiger partial charge in [-0.1, -0.05) is 23.6 Å². The van der Waals surface area contributed by atoms with Crippen LogP contribution in [0.15, 0.2) is 34.2 Å². The number of rotatable bonds is 5. The summed E-state index contributed by atoms with van der Waals surface area (Å²) in [7, 11) is 0. The summed E-state index contributed by atoms with van der Waals surface area (Å²) in [5.41, 5.74) is 6.24. The summed E-state index contributed by atoms with van der Waals surface area (Å²) in [6.45, 7) is -0.0936. The smallest absolute Gasteiger partial charge is 0.264 e. The molecule has 0 fully saturated rings. The molecule has 0 atom stereocenters. The molecule has 20 heavy (non-hydrogen) atoms. The minimum atomic E-state index is -0.273. The Labute approximate surface area is 133 Å². The third kappa shape index (κ3) is 4.26. The van der Waals surface area contributed by atoms with Crippen molar-refractivity contribution in [3.8, 4) is 5.75 Å². The molecule has 1 heterocycles. The number of thiocarbonyl (C=S) groups is 1. The Morgan fingerprint density at radius 3 is 2.70 bits per heavy atom. The topological polar surface area (TPSA) is 77.2 Å². The Morgan fingerprint density at radius 2 is 2.15 bits per heavy atom. The van der Waals surface area contributed by atoms with Crippen LogP contribution >= 0.6 is 39.5 Å². The normalized spacial score (nSPS) is 10.1. The lowest BCUT2D eigenvalue weighted by molar-refractivity contribution is -0.118. The number of carbonyl (C=O) groups is 1. The fourth-order valence-electron chi connectivity index (χ4n) is 1.33. The van der Waals surface area contributed by atoms with E-state index in [0.29, 0.717) is 15.9 Å². The molecule has 1 amide bonds. The van der Waals surface area contributed by atoms with Gasteiger partial charge in [-0.05, 0) is 40.2 Å². The van der Waals surface area contributed by atoms with Gasteiger partial charge in [0.2, 0.25) is 0 Å². The number of hydrogen-bond acceptors (Lipinski definition) is 5. The second kappa shape index (κ2) is 6.78. The van der Waals surface area contributed by atoms with Crippen LogP contribution in [-0.4, -0.2) is 22.5 Å². The van der Waals surface area contributed by atoms with E-state index in [4.69, 9.17) is 22.7 Å². The lowest BCUT2D eigenvalue weighted by Crippen LogP contribution is -2.20. The summed E-state index contributed by atoms with van der Waals surface area (Å²) in [5.74, 6) is 0.297. The molecule has 0 aliphatic rings. The Balaban J connectivity index is 1.85. The maximum Gasteiger partial charge on any atom is 0.264 e. The average molecular weight is 372 g/mol. The van der Waals surface area contributed by atoms with Crippen molar-refractivity contribution in [1.82, 2.24) is 4.98 Å². The molecule has 0 radical (unpaired) electrons. The van der Waals surface area contributed by atoms with E-state index < -0.39 is 0 Å². The zero-order valence-corrected chi connectivity index (χ0v) is 13.3. The lowest BCUT2D eigenvalue weighted by atomic mass is 10.2. The third-order valence-corrected chi connectivity index (χ3v) is 3.86. The molecule has 0 bridgehead atoms. The summed E-state index contributed by atoms with van der Waals surface area (Å²) in [6.07, 6.45) is 1.62. The van der Waals surface area contributed by atoms with Crippen LogP contribution in [0, 0.1) is 0 Å². The van der Waals surface area contributed by atoms with Gasteiger partial charge in [0.15, 0.2) is 11.7 Å². The van der Waals surface area contributed by atoms with Gasteiger partial charge in [-0.15, -0.1) is 0 Å². The van der Waals surface area contributed by atoms with Gasteiger partial charge in [-0.3, -0.25) is 10.1 Å². The third-order valence-electron chi connectivity index (χ3n) is 2.23. The first kappa shape index (κ1) is 14.9. The van der Waals surface area contributed by atoms with Crippen LogP contribution in [0.2, 0.25) is 0 Å². The second-order valence-electron chi connectivity index (χ2n) is 3.70. The van der Waals surface area contributed by atoms with Gasteiger partial charge in [0.05, 0.1) is 9.98 Å². The number of thiazole rings is 1. The van der Waals surface area contributed by atoms with Crippen molar-refractivity contribution >= 4 is 55.5 Å². The van der Waals surface area contributed by atoms with Crippen LogP contribution in [0.5, 0.6) is 5.75 Å². The van der Waals surface area contributed by atoms with Crippen molar-refractivity contribution in [3.05, 3.63) is 39.8 Å². The number of halogens is 1. The Hall–Kier alpha value is -1.51. The molecule has 0 spiro atoms. The summed E-state index contributed by atoms with van der Waals surface area (Å²) in [6, 6.07) is 6.91. The van der Waals surface area contributed by atoms with E-state index in [0.717, 1.165) is 9.35 Å². The Morgan fingerprint density at radius 1 is 1.45 bits per heavy atom. The van der Waals surface area contributed by atoms with Crippen LogP contribution < -0.4 is 15.8 Å². The average Bonchev–Trinajstić information content (AvgIpc) is 2.82. The molecule has 5 nitrogen and oxygen atoms in total. The number of ether oxygens (including phenoxy) is 1. The lowest BCUT2D eigenvalue weighted by Gasteiger charge is -2.06. The number of anilines is 1. The molecule has 104 valence electrons. The maximum atomic E-state index is 11.6. The van der Waals surface area contributed by atoms with Gasteiger partial charge in [0.1, 0.15) is 10.7 Å². The highest BCUT2D eigenvalue weighted by Crippen LogP contribution is 2.23. The minimum Gasteiger partial charge on any atom is -0.484 e. The Bertz CT molecular complexity index is 628. The molecule has 0 saturated carbocycles. The number of aromatic nitrogens is 1. The van der Waals surface area contributed by atoms with Crippen molar-refractivity contribution in [2.45, 2.75) is 0 Å². The van der Waals surface area contributed by atoms with Gasteiger partial charge in [-0.2, -0.15) is 0 Å². The highest BCUT2D eigenvalue weighted by Gasteiger charge is 2.07. The van der Waals surface area contributed by atoms with E-state index in [1.165, 1.54) is 11.3 Å². The number of benzene rings is 1. The van der Waals surface area contributed by atoms with E-state index in [1.807, 2.05) is 0 Å². The predicted molar refractivity (Wildman–Crippen MR) is 86.3 cm³/mol. The molecule has 0 saturated heterocycles. The minimum absolute atomic E-state index is 0.0936. The second-order valence-corrected chi connectivity index (χ2v) is 6.54. The van der Waals surface area contributed by atoms with Crippen molar-refractivity contribution in [1.29, 1.82) is 0 Å². The molecule has 0 aliphatic carbocycles. The quantitative estimate of drug-likeness (QED) is 0.789. The first-order valence-electron chi connectivity index (χ1n) is 5.48. The van der Waals surface area contributed by atoms with Crippen LogP contribution in [0.1, 0.15) is 5.56 Å². The van der Waals surface area contributed by atoms with Gasteiger partial charge >= 0.3 is 0 Å². The molecule has 8 heteroatoms. The number of nitrogens with one attached hydrogen (secondary N) is 1. The van der Waals surface area contributed by atoms with Gasteiger partial charge in [0, 0.05) is 5.56 Å².